The molecule has 0 aliphatic heterocycles. The lowest BCUT2D eigenvalue weighted by Crippen LogP contribution is -2.54. The quantitative estimate of drug-likeness (QED) is 0.318. The standard InChI is InChI=1S/C30H50O2/c1-19(2)20(3)8-9-21(4)26-12-13-27-25-11-10-23-18-24(32-22(5)31)14-16-29(23,6)28(25)15-17-30(26,27)7/h8-9,19-21,23-28H,10-18H2,1-7H3/b9-8+/t20-,21+,23-,24+,25+,26-,27+,28+,29+,30-/m0/s1. The van der Waals surface area contributed by atoms with Crippen molar-refractivity contribution in [1.29, 1.82) is 0 Å². The molecule has 0 heterocycles. The first-order valence-corrected chi connectivity index (χ1v) is 13.9. The van der Waals surface area contributed by atoms with Gasteiger partial charge in [0.2, 0.25) is 0 Å². The number of esters is 1. The van der Waals surface area contributed by atoms with Gasteiger partial charge in [0.05, 0.1) is 0 Å². The number of allylic oxidation sites excluding steroid dienone is 2. The number of hydrogen-bond acceptors (Lipinski definition) is 2. The van der Waals surface area contributed by atoms with Crippen LogP contribution in [0.5, 0.6) is 0 Å². The summed E-state index contributed by atoms with van der Waals surface area (Å²) in [4.78, 5) is 11.5. The lowest BCUT2D eigenvalue weighted by atomic mass is 9.44. The zero-order valence-corrected chi connectivity index (χ0v) is 22.0. The van der Waals surface area contributed by atoms with Crippen LogP contribution < -0.4 is 0 Å². The first-order valence-electron chi connectivity index (χ1n) is 13.9. The summed E-state index contributed by atoms with van der Waals surface area (Å²) in [5.41, 5.74) is 1.00. The van der Waals surface area contributed by atoms with Crippen LogP contribution in [-0.2, 0) is 9.53 Å². The summed E-state index contributed by atoms with van der Waals surface area (Å²) in [6, 6.07) is 0. The third kappa shape index (κ3) is 4.22. The molecule has 2 nitrogen and oxygen atoms in total. The van der Waals surface area contributed by atoms with Crippen LogP contribution in [0.2, 0.25) is 0 Å². The maximum atomic E-state index is 11.5. The second kappa shape index (κ2) is 9.10. The number of fused-ring (bicyclic) bond motifs is 5. The second-order valence-electron chi connectivity index (χ2n) is 13.2. The van der Waals surface area contributed by atoms with Crippen LogP contribution in [0.15, 0.2) is 12.2 Å². The van der Waals surface area contributed by atoms with E-state index in [4.69, 9.17) is 4.74 Å². The van der Waals surface area contributed by atoms with E-state index < -0.39 is 0 Å². The van der Waals surface area contributed by atoms with E-state index in [-0.39, 0.29) is 12.1 Å². The van der Waals surface area contributed by atoms with Crippen molar-refractivity contribution in [3.8, 4) is 0 Å². The van der Waals surface area contributed by atoms with Crippen LogP contribution >= 0.6 is 0 Å². The average molecular weight is 443 g/mol. The maximum Gasteiger partial charge on any atom is 0.302 e. The van der Waals surface area contributed by atoms with Crippen LogP contribution in [0.4, 0.5) is 0 Å². The summed E-state index contributed by atoms with van der Waals surface area (Å²) in [5.74, 6) is 6.37. The fourth-order valence-electron chi connectivity index (χ4n) is 9.17. The van der Waals surface area contributed by atoms with Crippen molar-refractivity contribution in [3.63, 3.8) is 0 Å². The highest BCUT2D eigenvalue weighted by Gasteiger charge is 2.60. The van der Waals surface area contributed by atoms with Crippen molar-refractivity contribution in [3.05, 3.63) is 12.2 Å². The number of carbonyl (C=O) groups excluding carboxylic acids is 1. The molecule has 4 aliphatic carbocycles. The third-order valence-corrected chi connectivity index (χ3v) is 11.4. The van der Waals surface area contributed by atoms with Gasteiger partial charge < -0.3 is 4.74 Å². The molecular formula is C30H50O2. The largest absolute Gasteiger partial charge is 0.463 e. The summed E-state index contributed by atoms with van der Waals surface area (Å²) >= 11 is 0. The van der Waals surface area contributed by atoms with Crippen molar-refractivity contribution in [1.82, 2.24) is 0 Å². The van der Waals surface area contributed by atoms with Crippen LogP contribution in [0.25, 0.3) is 0 Å². The minimum absolute atomic E-state index is 0.0938. The Hall–Kier alpha value is -0.790. The Morgan fingerprint density at radius 3 is 2.25 bits per heavy atom. The number of carbonyl (C=O) groups is 1. The lowest BCUT2D eigenvalue weighted by Gasteiger charge is -2.61. The third-order valence-electron chi connectivity index (χ3n) is 11.4. The van der Waals surface area contributed by atoms with Crippen LogP contribution in [0, 0.1) is 58.2 Å². The smallest absolute Gasteiger partial charge is 0.302 e. The van der Waals surface area contributed by atoms with E-state index in [0.717, 1.165) is 48.3 Å². The van der Waals surface area contributed by atoms with Gasteiger partial charge in [-0.15, -0.1) is 0 Å². The summed E-state index contributed by atoms with van der Waals surface area (Å²) in [7, 11) is 0. The van der Waals surface area contributed by atoms with Crippen molar-refractivity contribution in [2.75, 3.05) is 0 Å². The molecule has 0 amide bonds. The van der Waals surface area contributed by atoms with E-state index in [9.17, 15) is 4.79 Å². The monoisotopic (exact) mass is 442 g/mol. The summed E-state index contributed by atoms with van der Waals surface area (Å²) in [6.45, 7) is 16.4. The number of rotatable bonds is 5. The van der Waals surface area contributed by atoms with Crippen LogP contribution in [0.1, 0.15) is 106 Å². The van der Waals surface area contributed by atoms with Gasteiger partial charge in [-0.2, -0.15) is 0 Å². The molecule has 4 fully saturated rings. The summed E-state index contributed by atoms with van der Waals surface area (Å²) < 4.78 is 5.66. The van der Waals surface area contributed by atoms with Crippen molar-refractivity contribution >= 4 is 5.97 Å². The zero-order chi connectivity index (χ0) is 23.3. The molecule has 10 atom stereocenters. The Morgan fingerprint density at radius 1 is 0.875 bits per heavy atom. The van der Waals surface area contributed by atoms with Crippen molar-refractivity contribution < 1.29 is 9.53 Å². The van der Waals surface area contributed by atoms with Gasteiger partial charge in [0.15, 0.2) is 0 Å². The molecule has 0 spiro atoms. The molecular weight excluding hydrogens is 392 g/mol. The highest BCUT2D eigenvalue weighted by Crippen LogP contribution is 2.68. The predicted octanol–water partition coefficient (Wildman–Crippen LogP) is 8.06. The first kappa shape index (κ1) is 24.3. The summed E-state index contributed by atoms with van der Waals surface area (Å²) in [6.07, 6.45) is 17.2. The van der Waals surface area contributed by atoms with Gasteiger partial charge in [-0.1, -0.05) is 53.7 Å². The van der Waals surface area contributed by atoms with E-state index >= 15 is 0 Å². The highest BCUT2D eigenvalue weighted by molar-refractivity contribution is 5.66. The van der Waals surface area contributed by atoms with E-state index in [2.05, 4.69) is 53.7 Å². The molecule has 2 heteroatoms. The molecule has 0 unspecified atom stereocenters. The van der Waals surface area contributed by atoms with Gasteiger partial charge in [0.25, 0.3) is 0 Å². The molecule has 0 radical (unpaired) electrons. The number of hydrogen-bond donors (Lipinski definition) is 0. The molecule has 0 aromatic heterocycles. The van der Waals surface area contributed by atoms with Crippen LogP contribution in [-0.4, -0.2) is 12.1 Å². The first-order chi connectivity index (χ1) is 15.1. The predicted molar refractivity (Wildman–Crippen MR) is 133 cm³/mol. The van der Waals surface area contributed by atoms with E-state index in [1.54, 1.807) is 6.92 Å². The molecule has 182 valence electrons. The second-order valence-corrected chi connectivity index (χ2v) is 13.2. The van der Waals surface area contributed by atoms with Gasteiger partial charge in [-0.25, -0.2) is 0 Å². The molecule has 0 aromatic carbocycles. The minimum Gasteiger partial charge on any atom is -0.463 e. The molecule has 0 aromatic rings. The lowest BCUT2D eigenvalue weighted by molar-refractivity contribution is -0.160. The molecule has 0 bridgehead atoms. The van der Waals surface area contributed by atoms with Crippen molar-refractivity contribution in [2.45, 2.75) is 112 Å². The summed E-state index contributed by atoms with van der Waals surface area (Å²) in [5, 5.41) is 0. The van der Waals surface area contributed by atoms with E-state index in [1.165, 1.54) is 44.9 Å². The minimum atomic E-state index is -0.0938. The SMILES string of the molecule is CC(=O)O[C@@H]1CC[C@]2(C)[C@@H](CC[C@H]3[C@H]2CC[C@]2(C)[C@@H]3CC[C@H]2[C@H](C)/C=C/[C@H](C)C(C)C)C1. The molecule has 4 saturated carbocycles. The fourth-order valence-corrected chi connectivity index (χ4v) is 9.17. The normalized spacial score (nSPS) is 45.8. The van der Waals surface area contributed by atoms with Gasteiger partial charge in [-0.3, -0.25) is 4.79 Å². The Bertz CT molecular complexity index is 710. The molecule has 32 heavy (non-hydrogen) atoms. The molecule has 4 rings (SSSR count). The molecule has 0 N–H and O–H groups in total. The molecule has 0 saturated heterocycles. The molecule has 4 aliphatic rings. The highest BCUT2D eigenvalue weighted by atomic mass is 16.5. The Balaban J connectivity index is 1.46. The van der Waals surface area contributed by atoms with Gasteiger partial charge >= 0.3 is 5.97 Å². The van der Waals surface area contributed by atoms with Gasteiger partial charge in [-0.05, 0) is 116 Å². The van der Waals surface area contributed by atoms with E-state index in [1.807, 2.05) is 0 Å². The topological polar surface area (TPSA) is 26.3 Å². The maximum absolute atomic E-state index is 11.5. The Kier molecular flexibility index (Phi) is 6.92. The van der Waals surface area contributed by atoms with Gasteiger partial charge in [0.1, 0.15) is 6.10 Å². The fraction of sp³-hybridized carbons (Fsp3) is 0.900. The Labute approximate surface area is 198 Å². The van der Waals surface area contributed by atoms with Crippen LogP contribution in [0.3, 0.4) is 0 Å². The Morgan fingerprint density at radius 2 is 1.56 bits per heavy atom. The van der Waals surface area contributed by atoms with Crippen molar-refractivity contribution in [2.24, 2.45) is 58.2 Å². The van der Waals surface area contributed by atoms with Gasteiger partial charge in [0, 0.05) is 6.92 Å². The zero-order valence-electron chi connectivity index (χ0n) is 22.0. The van der Waals surface area contributed by atoms with E-state index in [0.29, 0.717) is 22.7 Å². The number of ether oxygens (including phenoxy) is 1. The average Bonchev–Trinajstić information content (AvgIpc) is 3.08.